The van der Waals surface area contributed by atoms with Crippen molar-refractivity contribution in [1.29, 1.82) is 0 Å². The van der Waals surface area contributed by atoms with Crippen molar-refractivity contribution in [1.82, 2.24) is 4.98 Å². The van der Waals surface area contributed by atoms with Gasteiger partial charge in [0.2, 0.25) is 0 Å². The van der Waals surface area contributed by atoms with Gasteiger partial charge >= 0.3 is 0 Å². The third kappa shape index (κ3) is 2.17. The first-order chi connectivity index (χ1) is 5.74. The molecule has 2 N–H and O–H groups in total. The van der Waals surface area contributed by atoms with Gasteiger partial charge in [0.25, 0.3) is 0 Å². The fourth-order valence-electron chi connectivity index (χ4n) is 0.864. The maximum absolute atomic E-state index is 13.0. The van der Waals surface area contributed by atoms with Gasteiger partial charge in [-0.25, -0.2) is 4.39 Å². The van der Waals surface area contributed by atoms with Crippen molar-refractivity contribution in [2.24, 2.45) is 0 Å². The van der Waals surface area contributed by atoms with Crippen molar-refractivity contribution in [2.45, 2.75) is 6.42 Å². The lowest BCUT2D eigenvalue weighted by Crippen LogP contribution is -2.01. The molecule has 66 valence electrons. The van der Waals surface area contributed by atoms with Gasteiger partial charge in [-0.2, -0.15) is 0 Å². The lowest BCUT2D eigenvalue weighted by molar-refractivity contribution is 0.200. The number of pyridine rings is 1. The molecule has 4 heteroatoms. The van der Waals surface area contributed by atoms with Crippen LogP contribution in [0.5, 0.6) is 0 Å². The van der Waals surface area contributed by atoms with Crippen molar-refractivity contribution in [3.63, 3.8) is 0 Å². The van der Waals surface area contributed by atoms with Gasteiger partial charge in [0.1, 0.15) is 5.82 Å². The van der Waals surface area contributed by atoms with Crippen LogP contribution in [0.3, 0.4) is 0 Å². The number of ether oxygens (including phenoxy) is 1. The molecule has 0 aliphatic carbocycles. The first-order valence-electron chi connectivity index (χ1n) is 3.63. The highest BCUT2D eigenvalue weighted by molar-refractivity contribution is 5.35. The zero-order chi connectivity index (χ0) is 8.97. The quantitative estimate of drug-likeness (QED) is 0.735. The largest absolute Gasteiger partial charge is 0.397 e. The second kappa shape index (κ2) is 4.01. The molecule has 12 heavy (non-hydrogen) atoms. The monoisotopic (exact) mass is 170 g/mol. The van der Waals surface area contributed by atoms with Crippen LogP contribution in [0, 0.1) is 5.82 Å². The van der Waals surface area contributed by atoms with Gasteiger partial charge in [-0.05, 0) is 0 Å². The van der Waals surface area contributed by atoms with Crippen LogP contribution in [0.25, 0.3) is 0 Å². The zero-order valence-corrected chi connectivity index (χ0v) is 6.88. The Morgan fingerprint density at radius 1 is 1.67 bits per heavy atom. The number of rotatable bonds is 3. The number of hydrogen-bond acceptors (Lipinski definition) is 3. The standard InChI is InChI=1S/C8H11FN2O/c1-12-3-2-8-7(9)4-6(10)5-11-8/h4-5H,2-3,10H2,1H3. The highest BCUT2D eigenvalue weighted by Gasteiger charge is 2.02. The molecular formula is C8H11FN2O. The van der Waals surface area contributed by atoms with Crippen LogP contribution >= 0.6 is 0 Å². The van der Waals surface area contributed by atoms with Gasteiger partial charge in [0, 0.05) is 19.6 Å². The summed E-state index contributed by atoms with van der Waals surface area (Å²) in [5.74, 6) is -0.368. The van der Waals surface area contributed by atoms with Crippen molar-refractivity contribution < 1.29 is 9.13 Å². The van der Waals surface area contributed by atoms with Gasteiger partial charge in [-0.15, -0.1) is 0 Å². The van der Waals surface area contributed by atoms with Crippen molar-refractivity contribution in [2.75, 3.05) is 19.5 Å². The molecule has 0 saturated carbocycles. The number of nitrogen functional groups attached to an aromatic ring is 1. The second-order valence-corrected chi connectivity index (χ2v) is 2.44. The van der Waals surface area contributed by atoms with Crippen molar-refractivity contribution >= 4 is 5.69 Å². The fourth-order valence-corrected chi connectivity index (χ4v) is 0.864. The van der Waals surface area contributed by atoms with Gasteiger partial charge < -0.3 is 10.5 Å². The molecule has 1 aromatic heterocycles. The third-order valence-electron chi connectivity index (χ3n) is 1.48. The molecule has 1 aromatic rings. The average Bonchev–Trinajstić information content (AvgIpc) is 2.03. The molecule has 1 heterocycles. The molecule has 0 saturated heterocycles. The van der Waals surface area contributed by atoms with E-state index in [9.17, 15) is 4.39 Å². The molecule has 0 atom stereocenters. The summed E-state index contributed by atoms with van der Waals surface area (Å²) in [5, 5.41) is 0. The maximum Gasteiger partial charge on any atom is 0.146 e. The van der Waals surface area contributed by atoms with E-state index >= 15 is 0 Å². The molecule has 0 fully saturated rings. The molecule has 0 bridgehead atoms. The van der Waals surface area contributed by atoms with Crippen molar-refractivity contribution in [3.05, 3.63) is 23.8 Å². The number of methoxy groups -OCH3 is 1. The number of anilines is 1. The summed E-state index contributed by atoms with van der Waals surface area (Å²) in [6, 6.07) is 1.26. The predicted octanol–water partition coefficient (Wildman–Crippen LogP) is 0.992. The number of hydrogen-bond donors (Lipinski definition) is 1. The number of halogens is 1. The summed E-state index contributed by atoms with van der Waals surface area (Å²) in [5.41, 5.74) is 6.06. The zero-order valence-electron chi connectivity index (χ0n) is 6.88. The van der Waals surface area contributed by atoms with E-state index in [2.05, 4.69) is 4.98 Å². The lowest BCUT2D eigenvalue weighted by Gasteiger charge is -2.01. The highest BCUT2D eigenvalue weighted by Crippen LogP contribution is 2.08. The molecule has 0 unspecified atom stereocenters. The van der Waals surface area contributed by atoms with Crippen LogP contribution in [0.15, 0.2) is 12.3 Å². The first kappa shape index (κ1) is 8.93. The Balaban J connectivity index is 2.72. The van der Waals surface area contributed by atoms with E-state index in [1.807, 2.05) is 0 Å². The lowest BCUT2D eigenvalue weighted by atomic mass is 10.2. The van der Waals surface area contributed by atoms with E-state index in [1.54, 1.807) is 7.11 Å². The summed E-state index contributed by atoms with van der Waals surface area (Å²) in [6.07, 6.45) is 1.91. The maximum atomic E-state index is 13.0. The van der Waals surface area contributed by atoms with E-state index in [0.717, 1.165) is 0 Å². The number of nitrogens with zero attached hydrogens (tertiary/aromatic N) is 1. The second-order valence-electron chi connectivity index (χ2n) is 2.44. The Morgan fingerprint density at radius 3 is 3.00 bits per heavy atom. The Kier molecular flexibility index (Phi) is 2.99. The SMILES string of the molecule is COCCc1ncc(N)cc1F. The van der Waals surface area contributed by atoms with E-state index in [4.69, 9.17) is 10.5 Å². The summed E-state index contributed by atoms with van der Waals surface area (Å²) in [6.45, 7) is 0.466. The van der Waals surface area contributed by atoms with Crippen LogP contribution in [0.4, 0.5) is 10.1 Å². The topological polar surface area (TPSA) is 48.1 Å². The molecule has 0 aliphatic heterocycles. The minimum absolute atomic E-state index is 0.341. The Hall–Kier alpha value is -1.16. The van der Waals surface area contributed by atoms with Gasteiger partial charge in [0.15, 0.2) is 0 Å². The van der Waals surface area contributed by atoms with Gasteiger partial charge in [-0.1, -0.05) is 0 Å². The van der Waals surface area contributed by atoms with Crippen molar-refractivity contribution in [3.8, 4) is 0 Å². The minimum Gasteiger partial charge on any atom is -0.397 e. The van der Waals surface area contributed by atoms with E-state index in [1.165, 1.54) is 12.3 Å². The van der Waals surface area contributed by atoms with E-state index in [-0.39, 0.29) is 5.82 Å². The number of nitrogens with two attached hydrogens (primary N) is 1. The molecule has 0 aliphatic rings. The van der Waals surface area contributed by atoms with Crippen LogP contribution < -0.4 is 5.73 Å². The molecule has 1 rings (SSSR count). The Morgan fingerprint density at radius 2 is 2.42 bits per heavy atom. The number of aromatic nitrogens is 1. The van der Waals surface area contributed by atoms with Gasteiger partial charge in [0.05, 0.1) is 24.2 Å². The van der Waals surface area contributed by atoms with Crippen LogP contribution in [-0.4, -0.2) is 18.7 Å². The highest BCUT2D eigenvalue weighted by atomic mass is 19.1. The summed E-state index contributed by atoms with van der Waals surface area (Å²) >= 11 is 0. The summed E-state index contributed by atoms with van der Waals surface area (Å²) in [4.78, 5) is 3.84. The third-order valence-corrected chi connectivity index (χ3v) is 1.48. The van der Waals surface area contributed by atoms with Gasteiger partial charge in [-0.3, -0.25) is 4.98 Å². The molecule has 3 nitrogen and oxygen atoms in total. The normalized spacial score (nSPS) is 10.2. The Bertz CT molecular complexity index is 265. The minimum atomic E-state index is -0.368. The Labute approximate surface area is 70.4 Å². The van der Waals surface area contributed by atoms with E-state index in [0.29, 0.717) is 24.4 Å². The fraction of sp³-hybridized carbons (Fsp3) is 0.375. The first-order valence-corrected chi connectivity index (χ1v) is 3.63. The summed E-state index contributed by atoms with van der Waals surface area (Å²) < 4.78 is 17.8. The summed E-state index contributed by atoms with van der Waals surface area (Å²) in [7, 11) is 1.56. The predicted molar refractivity (Wildman–Crippen MR) is 44.2 cm³/mol. The smallest absolute Gasteiger partial charge is 0.146 e. The van der Waals surface area contributed by atoms with Crippen LogP contribution in [0.1, 0.15) is 5.69 Å². The molecular weight excluding hydrogens is 159 g/mol. The molecule has 0 radical (unpaired) electrons. The van der Waals surface area contributed by atoms with Crippen LogP contribution in [0.2, 0.25) is 0 Å². The molecule has 0 spiro atoms. The van der Waals surface area contributed by atoms with E-state index < -0.39 is 0 Å². The molecule has 0 aromatic carbocycles. The average molecular weight is 170 g/mol. The molecule has 0 amide bonds. The van der Waals surface area contributed by atoms with Crippen LogP contribution in [-0.2, 0) is 11.2 Å².